The van der Waals surface area contributed by atoms with Crippen molar-refractivity contribution in [1.29, 1.82) is 0 Å². The smallest absolute Gasteiger partial charge is 0.173 e. The van der Waals surface area contributed by atoms with Gasteiger partial charge in [-0.3, -0.25) is 9.55 Å². The molecule has 4 rings (SSSR count). The van der Waals surface area contributed by atoms with E-state index in [1.807, 2.05) is 42.6 Å². The molecule has 0 spiro atoms. The summed E-state index contributed by atoms with van der Waals surface area (Å²) in [5, 5.41) is 1.55. The largest absolute Gasteiger partial charge is 0.374 e. The molecule has 0 aliphatic heterocycles. The Morgan fingerprint density at radius 3 is 2.40 bits per heavy atom. The number of halogens is 2. The first-order chi connectivity index (χ1) is 14.6. The number of imidazole rings is 1. The van der Waals surface area contributed by atoms with Crippen LogP contribution in [0.1, 0.15) is 0 Å². The quantitative estimate of drug-likeness (QED) is 0.333. The molecule has 0 saturated heterocycles. The molecule has 0 amide bonds. The Morgan fingerprint density at radius 2 is 1.70 bits per heavy atom. The Hall–Kier alpha value is -2.83. The summed E-state index contributed by atoms with van der Waals surface area (Å²) in [6.07, 6.45) is 5.42. The molecule has 30 heavy (non-hydrogen) atoms. The molecule has 0 N–H and O–H groups in total. The third-order valence-corrected chi connectivity index (χ3v) is 5.90. The van der Waals surface area contributed by atoms with Crippen molar-refractivity contribution in [2.45, 2.75) is 5.16 Å². The Balaban J connectivity index is 1.59. The maximum Gasteiger partial charge on any atom is 0.173 e. The summed E-state index contributed by atoms with van der Waals surface area (Å²) in [7, 11) is 2.06. The molecule has 7 heteroatoms. The lowest BCUT2D eigenvalue weighted by atomic mass is 10.1. The lowest BCUT2D eigenvalue weighted by Crippen LogP contribution is -2.20. The molecule has 0 atom stereocenters. The molecule has 0 aliphatic carbocycles. The average molecular weight is 439 g/mol. The van der Waals surface area contributed by atoms with Gasteiger partial charge < -0.3 is 4.90 Å². The molecule has 4 nitrogen and oxygen atoms in total. The van der Waals surface area contributed by atoms with Gasteiger partial charge in [-0.05, 0) is 60.7 Å². The first-order valence-corrected chi connectivity index (χ1v) is 10.8. The SMILES string of the molecule is CN(CCSc1ncc(-c2ccc(F)cc2)n1-c1ccc(Cl)cc1)c1ccncc1. The zero-order chi connectivity index (χ0) is 20.9. The van der Waals surface area contributed by atoms with Gasteiger partial charge in [0, 0.05) is 53.7 Å². The second-order valence-electron chi connectivity index (χ2n) is 6.72. The van der Waals surface area contributed by atoms with Gasteiger partial charge in [-0.2, -0.15) is 0 Å². The van der Waals surface area contributed by atoms with Crippen molar-refractivity contribution in [1.82, 2.24) is 14.5 Å². The van der Waals surface area contributed by atoms with E-state index in [-0.39, 0.29) is 5.82 Å². The van der Waals surface area contributed by atoms with Crippen molar-refractivity contribution in [2.75, 3.05) is 24.2 Å². The van der Waals surface area contributed by atoms with Crippen molar-refractivity contribution in [2.24, 2.45) is 0 Å². The van der Waals surface area contributed by atoms with Gasteiger partial charge in [0.2, 0.25) is 0 Å². The molecule has 0 bridgehead atoms. The van der Waals surface area contributed by atoms with Crippen LogP contribution in [0.3, 0.4) is 0 Å². The number of thioether (sulfide) groups is 1. The van der Waals surface area contributed by atoms with Gasteiger partial charge in [0.05, 0.1) is 11.9 Å². The minimum Gasteiger partial charge on any atom is -0.374 e. The van der Waals surface area contributed by atoms with Gasteiger partial charge in [-0.15, -0.1) is 0 Å². The average Bonchev–Trinajstić information content (AvgIpc) is 3.19. The topological polar surface area (TPSA) is 34.0 Å². The highest BCUT2D eigenvalue weighted by molar-refractivity contribution is 7.99. The van der Waals surface area contributed by atoms with Gasteiger partial charge >= 0.3 is 0 Å². The summed E-state index contributed by atoms with van der Waals surface area (Å²) < 4.78 is 15.5. The lowest BCUT2D eigenvalue weighted by Gasteiger charge is -2.19. The first-order valence-electron chi connectivity index (χ1n) is 9.45. The van der Waals surface area contributed by atoms with Crippen LogP contribution in [0, 0.1) is 5.82 Å². The minimum atomic E-state index is -0.259. The fourth-order valence-corrected chi connectivity index (χ4v) is 4.24. The van der Waals surface area contributed by atoms with Crippen LogP contribution in [0.5, 0.6) is 0 Å². The fourth-order valence-electron chi connectivity index (χ4n) is 3.10. The lowest BCUT2D eigenvalue weighted by molar-refractivity contribution is 0.628. The van der Waals surface area contributed by atoms with Crippen LogP contribution < -0.4 is 4.90 Å². The number of aromatic nitrogens is 3. The Kier molecular flexibility index (Phi) is 6.35. The van der Waals surface area contributed by atoms with E-state index in [9.17, 15) is 4.39 Å². The predicted octanol–water partition coefficient (Wildman–Crippen LogP) is 5.96. The normalized spacial score (nSPS) is 10.9. The minimum absolute atomic E-state index is 0.259. The zero-order valence-corrected chi connectivity index (χ0v) is 17.9. The second-order valence-corrected chi connectivity index (χ2v) is 8.22. The third kappa shape index (κ3) is 4.66. The first kappa shape index (κ1) is 20.4. The van der Waals surface area contributed by atoms with Gasteiger partial charge in [-0.25, -0.2) is 9.37 Å². The van der Waals surface area contributed by atoms with E-state index in [1.54, 1.807) is 36.3 Å². The summed E-state index contributed by atoms with van der Waals surface area (Å²) in [5.41, 5.74) is 3.89. The number of nitrogens with zero attached hydrogens (tertiary/aromatic N) is 4. The Labute approximate surface area is 184 Å². The Bertz CT molecular complexity index is 1100. The Morgan fingerprint density at radius 1 is 1.00 bits per heavy atom. The van der Waals surface area contributed by atoms with Crippen LogP contribution in [0.2, 0.25) is 5.02 Å². The van der Waals surface area contributed by atoms with E-state index < -0.39 is 0 Å². The van der Waals surface area contributed by atoms with Crippen LogP contribution in [0.4, 0.5) is 10.1 Å². The van der Waals surface area contributed by atoms with Crippen molar-refractivity contribution in [3.8, 4) is 16.9 Å². The highest BCUT2D eigenvalue weighted by Gasteiger charge is 2.15. The number of anilines is 1. The summed E-state index contributed by atoms with van der Waals surface area (Å²) in [6.45, 7) is 0.855. The standard InChI is InChI=1S/C23H20ClFN4S/c1-28(20-10-12-26-13-11-20)14-15-30-23-27-16-22(17-2-6-19(25)7-3-17)29(23)21-8-4-18(24)5-9-21/h2-13,16H,14-15H2,1H3. The van der Waals surface area contributed by atoms with Crippen molar-refractivity contribution in [3.05, 3.63) is 90.1 Å². The van der Waals surface area contributed by atoms with Gasteiger partial charge in [0.15, 0.2) is 5.16 Å². The van der Waals surface area contributed by atoms with Crippen LogP contribution in [0.15, 0.2) is 84.4 Å². The molecule has 152 valence electrons. The van der Waals surface area contributed by atoms with Crippen LogP contribution in [-0.4, -0.2) is 33.9 Å². The molecule has 2 aromatic carbocycles. The molecule has 2 aromatic heterocycles. The van der Waals surface area contributed by atoms with Crippen LogP contribution >= 0.6 is 23.4 Å². The predicted molar refractivity (Wildman–Crippen MR) is 122 cm³/mol. The van der Waals surface area contributed by atoms with E-state index in [0.29, 0.717) is 5.02 Å². The molecule has 0 saturated carbocycles. The summed E-state index contributed by atoms with van der Waals surface area (Å²) >= 11 is 7.76. The highest BCUT2D eigenvalue weighted by Crippen LogP contribution is 2.30. The van der Waals surface area contributed by atoms with Crippen molar-refractivity contribution >= 4 is 29.1 Å². The fraction of sp³-hybridized carbons (Fsp3) is 0.130. The van der Waals surface area contributed by atoms with E-state index in [1.165, 1.54) is 12.1 Å². The number of hydrogen-bond acceptors (Lipinski definition) is 4. The highest BCUT2D eigenvalue weighted by atomic mass is 35.5. The molecule has 0 aliphatic rings. The molecule has 2 heterocycles. The molecule has 4 aromatic rings. The molecular weight excluding hydrogens is 419 g/mol. The number of benzene rings is 2. The summed E-state index contributed by atoms with van der Waals surface area (Å²) in [4.78, 5) is 10.9. The molecular formula is C23H20ClFN4S. The maximum absolute atomic E-state index is 13.4. The number of rotatable bonds is 7. The van der Waals surface area contributed by atoms with Gasteiger partial charge in [0.25, 0.3) is 0 Å². The molecule has 0 unspecified atom stereocenters. The monoisotopic (exact) mass is 438 g/mol. The van der Waals surface area contributed by atoms with Gasteiger partial charge in [0.1, 0.15) is 5.82 Å². The van der Waals surface area contributed by atoms with E-state index in [4.69, 9.17) is 11.6 Å². The van der Waals surface area contributed by atoms with Crippen molar-refractivity contribution in [3.63, 3.8) is 0 Å². The molecule has 0 fully saturated rings. The van der Waals surface area contributed by atoms with Gasteiger partial charge in [-0.1, -0.05) is 23.4 Å². The van der Waals surface area contributed by atoms with E-state index >= 15 is 0 Å². The number of pyridine rings is 1. The summed E-state index contributed by atoms with van der Waals surface area (Å²) in [5.74, 6) is 0.594. The number of hydrogen-bond donors (Lipinski definition) is 0. The van der Waals surface area contributed by atoms with E-state index in [2.05, 4.69) is 26.5 Å². The van der Waals surface area contributed by atoms with Crippen molar-refractivity contribution < 1.29 is 4.39 Å². The maximum atomic E-state index is 13.4. The summed E-state index contributed by atoms with van der Waals surface area (Å²) in [6, 6.07) is 18.1. The third-order valence-electron chi connectivity index (χ3n) is 4.72. The second kappa shape index (κ2) is 9.32. The molecule has 0 radical (unpaired) electrons. The van der Waals surface area contributed by atoms with Crippen LogP contribution in [0.25, 0.3) is 16.9 Å². The van der Waals surface area contributed by atoms with E-state index in [0.717, 1.165) is 40.1 Å². The van der Waals surface area contributed by atoms with Crippen LogP contribution in [-0.2, 0) is 0 Å². The zero-order valence-electron chi connectivity index (χ0n) is 16.4.